The van der Waals surface area contributed by atoms with Gasteiger partial charge < -0.3 is 21.3 Å². The minimum absolute atomic E-state index is 0.291. The Kier molecular flexibility index (Phi) is 5.54. The number of anilines is 2. The summed E-state index contributed by atoms with van der Waals surface area (Å²) in [7, 11) is 0. The van der Waals surface area contributed by atoms with Crippen LogP contribution in [0.15, 0.2) is 18.2 Å². The van der Waals surface area contributed by atoms with Crippen LogP contribution in [0, 0.1) is 6.92 Å². The van der Waals surface area contributed by atoms with Gasteiger partial charge in [0, 0.05) is 36.0 Å². The summed E-state index contributed by atoms with van der Waals surface area (Å²) in [4.78, 5) is 25.1. The summed E-state index contributed by atoms with van der Waals surface area (Å²) in [5.41, 5.74) is 8.07. The maximum atomic E-state index is 12.0. The SMILES string of the molecule is Cc1cc(NC(=O)C(C)NC(N)=O)ccc1N1CCSCC1. The molecule has 2 rings (SSSR count). The molecule has 0 bridgehead atoms. The summed E-state index contributed by atoms with van der Waals surface area (Å²) in [6, 6.07) is 4.49. The Bertz CT molecular complexity index is 558. The number of benzene rings is 1. The van der Waals surface area contributed by atoms with Crippen molar-refractivity contribution in [2.75, 3.05) is 34.8 Å². The highest BCUT2D eigenvalue weighted by Gasteiger charge is 2.16. The van der Waals surface area contributed by atoms with E-state index in [-0.39, 0.29) is 5.91 Å². The molecule has 1 unspecified atom stereocenters. The minimum Gasteiger partial charge on any atom is -0.370 e. The highest BCUT2D eigenvalue weighted by atomic mass is 32.2. The Labute approximate surface area is 134 Å². The van der Waals surface area contributed by atoms with Gasteiger partial charge in [-0.05, 0) is 37.6 Å². The Morgan fingerprint density at radius 3 is 2.59 bits per heavy atom. The average Bonchev–Trinajstić information content (AvgIpc) is 2.47. The van der Waals surface area contributed by atoms with Crippen molar-refractivity contribution in [2.45, 2.75) is 19.9 Å². The number of nitrogens with one attached hydrogen (secondary N) is 2. The van der Waals surface area contributed by atoms with Crippen molar-refractivity contribution in [1.82, 2.24) is 5.32 Å². The van der Waals surface area contributed by atoms with Crippen LogP contribution in [0.1, 0.15) is 12.5 Å². The zero-order valence-electron chi connectivity index (χ0n) is 12.9. The smallest absolute Gasteiger partial charge is 0.312 e. The molecule has 7 heteroatoms. The zero-order valence-corrected chi connectivity index (χ0v) is 13.7. The first kappa shape index (κ1) is 16.5. The van der Waals surface area contributed by atoms with E-state index in [4.69, 9.17) is 5.73 Å². The quantitative estimate of drug-likeness (QED) is 0.785. The molecule has 0 aromatic heterocycles. The molecule has 1 heterocycles. The van der Waals surface area contributed by atoms with Crippen molar-refractivity contribution in [1.29, 1.82) is 0 Å². The van der Waals surface area contributed by atoms with Crippen molar-refractivity contribution >= 4 is 35.1 Å². The highest BCUT2D eigenvalue weighted by Crippen LogP contribution is 2.26. The number of amides is 3. The monoisotopic (exact) mass is 322 g/mol. The van der Waals surface area contributed by atoms with Crippen LogP contribution in [0.4, 0.5) is 16.2 Å². The number of primary amides is 1. The van der Waals surface area contributed by atoms with Crippen molar-refractivity contribution in [3.8, 4) is 0 Å². The Balaban J connectivity index is 2.02. The van der Waals surface area contributed by atoms with E-state index in [2.05, 4.69) is 15.5 Å². The van der Waals surface area contributed by atoms with Crippen LogP contribution in [0.5, 0.6) is 0 Å². The third-order valence-corrected chi connectivity index (χ3v) is 4.51. The van der Waals surface area contributed by atoms with Crippen LogP contribution in [-0.2, 0) is 4.79 Å². The Morgan fingerprint density at radius 1 is 1.32 bits per heavy atom. The Hall–Kier alpha value is -1.89. The molecule has 0 aliphatic carbocycles. The van der Waals surface area contributed by atoms with Crippen molar-refractivity contribution in [3.05, 3.63) is 23.8 Å². The Morgan fingerprint density at radius 2 is 2.00 bits per heavy atom. The lowest BCUT2D eigenvalue weighted by Crippen LogP contribution is -2.44. The van der Waals surface area contributed by atoms with E-state index in [1.54, 1.807) is 6.92 Å². The van der Waals surface area contributed by atoms with Gasteiger partial charge in [-0.3, -0.25) is 4.79 Å². The molecule has 0 radical (unpaired) electrons. The second kappa shape index (κ2) is 7.40. The van der Waals surface area contributed by atoms with Gasteiger partial charge in [-0.2, -0.15) is 11.8 Å². The van der Waals surface area contributed by atoms with Gasteiger partial charge in [0.1, 0.15) is 6.04 Å². The predicted molar refractivity (Wildman–Crippen MR) is 91.5 cm³/mol. The standard InChI is InChI=1S/C15H22N4O2S/c1-10-9-12(18-14(20)11(2)17-15(16)21)3-4-13(10)19-5-7-22-8-6-19/h3-4,9,11H,5-8H2,1-2H3,(H,18,20)(H3,16,17,21). The van der Waals surface area contributed by atoms with Gasteiger partial charge in [-0.25, -0.2) is 4.79 Å². The summed E-state index contributed by atoms with van der Waals surface area (Å²) in [5.74, 6) is 2.00. The number of carbonyl (C=O) groups excluding carboxylic acids is 2. The van der Waals surface area contributed by atoms with E-state index < -0.39 is 12.1 Å². The molecule has 1 atom stereocenters. The van der Waals surface area contributed by atoms with Gasteiger partial charge in [0.2, 0.25) is 5.91 Å². The molecule has 3 amide bonds. The lowest BCUT2D eigenvalue weighted by Gasteiger charge is -2.30. The molecule has 0 saturated carbocycles. The molecule has 0 spiro atoms. The van der Waals surface area contributed by atoms with Gasteiger partial charge >= 0.3 is 6.03 Å². The molecular formula is C15H22N4O2S. The molecule has 22 heavy (non-hydrogen) atoms. The largest absolute Gasteiger partial charge is 0.370 e. The second-order valence-electron chi connectivity index (χ2n) is 5.32. The summed E-state index contributed by atoms with van der Waals surface area (Å²) in [5, 5.41) is 5.14. The molecular weight excluding hydrogens is 300 g/mol. The molecule has 1 fully saturated rings. The van der Waals surface area contributed by atoms with Gasteiger partial charge in [0.25, 0.3) is 0 Å². The average molecular weight is 322 g/mol. The minimum atomic E-state index is -0.711. The fraction of sp³-hybridized carbons (Fsp3) is 0.467. The maximum Gasteiger partial charge on any atom is 0.312 e. The van der Waals surface area contributed by atoms with Crippen molar-refractivity contribution in [3.63, 3.8) is 0 Å². The van der Waals surface area contributed by atoms with Crippen LogP contribution in [0.25, 0.3) is 0 Å². The van der Waals surface area contributed by atoms with E-state index >= 15 is 0 Å². The molecule has 6 nitrogen and oxygen atoms in total. The predicted octanol–water partition coefficient (Wildman–Crippen LogP) is 1.54. The number of carbonyl (C=O) groups is 2. The molecule has 120 valence electrons. The van der Waals surface area contributed by atoms with Crippen LogP contribution in [-0.4, -0.2) is 42.6 Å². The van der Waals surface area contributed by atoms with E-state index in [0.717, 1.165) is 35.8 Å². The number of nitrogens with zero attached hydrogens (tertiary/aromatic N) is 1. The number of urea groups is 1. The lowest BCUT2D eigenvalue weighted by atomic mass is 10.1. The number of aryl methyl sites for hydroxylation is 1. The summed E-state index contributed by atoms with van der Waals surface area (Å²) in [6.45, 7) is 5.73. The summed E-state index contributed by atoms with van der Waals surface area (Å²) in [6.07, 6.45) is 0. The van der Waals surface area contributed by atoms with Crippen molar-refractivity contribution < 1.29 is 9.59 Å². The van der Waals surface area contributed by atoms with Gasteiger partial charge in [0.05, 0.1) is 0 Å². The molecule has 1 aromatic rings. The molecule has 1 aliphatic rings. The summed E-state index contributed by atoms with van der Waals surface area (Å²) < 4.78 is 0. The number of nitrogens with two attached hydrogens (primary N) is 1. The van der Waals surface area contributed by atoms with Crippen LogP contribution in [0.2, 0.25) is 0 Å². The first-order valence-electron chi connectivity index (χ1n) is 7.27. The lowest BCUT2D eigenvalue weighted by molar-refractivity contribution is -0.117. The van der Waals surface area contributed by atoms with Crippen LogP contribution < -0.4 is 21.3 Å². The number of rotatable bonds is 4. The number of thioether (sulfide) groups is 1. The molecule has 1 aliphatic heterocycles. The summed E-state index contributed by atoms with van der Waals surface area (Å²) >= 11 is 1.98. The molecule has 4 N–H and O–H groups in total. The molecule has 1 aromatic carbocycles. The maximum absolute atomic E-state index is 12.0. The third-order valence-electron chi connectivity index (χ3n) is 3.57. The second-order valence-corrected chi connectivity index (χ2v) is 6.54. The van der Waals surface area contributed by atoms with E-state index in [1.807, 2.05) is 36.9 Å². The van der Waals surface area contributed by atoms with Gasteiger partial charge in [0.15, 0.2) is 0 Å². The first-order chi connectivity index (χ1) is 10.5. The zero-order chi connectivity index (χ0) is 16.1. The number of hydrogen-bond acceptors (Lipinski definition) is 4. The molecule has 1 saturated heterocycles. The van der Waals surface area contributed by atoms with E-state index in [0.29, 0.717) is 0 Å². The fourth-order valence-electron chi connectivity index (χ4n) is 2.42. The van der Waals surface area contributed by atoms with E-state index in [9.17, 15) is 9.59 Å². The van der Waals surface area contributed by atoms with Gasteiger partial charge in [-0.1, -0.05) is 0 Å². The third kappa shape index (κ3) is 4.30. The van der Waals surface area contributed by atoms with E-state index in [1.165, 1.54) is 5.69 Å². The van der Waals surface area contributed by atoms with Crippen LogP contribution >= 0.6 is 11.8 Å². The fourth-order valence-corrected chi connectivity index (χ4v) is 3.32. The van der Waals surface area contributed by atoms with Gasteiger partial charge in [-0.15, -0.1) is 0 Å². The first-order valence-corrected chi connectivity index (χ1v) is 8.43. The topological polar surface area (TPSA) is 87.5 Å². The number of hydrogen-bond donors (Lipinski definition) is 3. The van der Waals surface area contributed by atoms with Crippen LogP contribution in [0.3, 0.4) is 0 Å². The van der Waals surface area contributed by atoms with Crippen molar-refractivity contribution in [2.24, 2.45) is 5.73 Å². The normalized spacial score (nSPS) is 16.0. The highest BCUT2D eigenvalue weighted by molar-refractivity contribution is 7.99.